The first-order chi connectivity index (χ1) is 10.6. The minimum absolute atomic E-state index is 0.245. The number of aromatic nitrogens is 1. The fraction of sp³-hybridized carbons (Fsp3) is 0. The van der Waals surface area contributed by atoms with Gasteiger partial charge in [0, 0.05) is 23.5 Å². The molecule has 0 saturated heterocycles. The number of guanidine groups is 1. The second-order valence-corrected chi connectivity index (χ2v) is 4.83. The van der Waals surface area contributed by atoms with Crippen molar-refractivity contribution in [2.24, 2.45) is 16.5 Å². The molecule has 0 atom stereocenters. The summed E-state index contributed by atoms with van der Waals surface area (Å²) in [6.45, 7) is 0. The third-order valence-corrected chi connectivity index (χ3v) is 3.33. The zero-order valence-corrected chi connectivity index (χ0v) is 11.7. The maximum atomic E-state index is 12.0. The van der Waals surface area contributed by atoms with Crippen molar-refractivity contribution < 1.29 is 4.79 Å². The molecule has 0 aliphatic rings. The number of nitrogens with two attached hydrogens (primary N) is 2. The second kappa shape index (κ2) is 5.65. The van der Waals surface area contributed by atoms with Gasteiger partial charge in [0.15, 0.2) is 5.96 Å². The van der Waals surface area contributed by atoms with Gasteiger partial charge in [0.05, 0.1) is 0 Å². The molecule has 0 radical (unpaired) electrons. The predicted octanol–water partition coefficient (Wildman–Crippen LogP) is 2.32. The summed E-state index contributed by atoms with van der Waals surface area (Å²) < 4.78 is 0. The third kappa shape index (κ3) is 2.64. The molecule has 3 aromatic rings. The highest BCUT2D eigenvalue weighted by Crippen LogP contribution is 2.29. The zero-order chi connectivity index (χ0) is 15.5. The van der Waals surface area contributed by atoms with E-state index in [0.29, 0.717) is 5.56 Å². The number of aliphatic imine (C=N–C) groups is 1. The summed E-state index contributed by atoms with van der Waals surface area (Å²) in [4.78, 5) is 19.7. The maximum absolute atomic E-state index is 12.0. The van der Waals surface area contributed by atoms with Gasteiger partial charge in [0.2, 0.25) is 0 Å². The fourth-order valence-corrected chi connectivity index (χ4v) is 2.36. The first kappa shape index (κ1) is 13.8. The van der Waals surface area contributed by atoms with Gasteiger partial charge in [-0.2, -0.15) is 4.99 Å². The smallest absolute Gasteiger partial charge is 0.280 e. The molecule has 1 aromatic heterocycles. The second-order valence-electron chi connectivity index (χ2n) is 4.83. The molecule has 4 N–H and O–H groups in total. The van der Waals surface area contributed by atoms with Gasteiger partial charge in [-0.25, -0.2) is 0 Å². The molecule has 0 aliphatic heterocycles. The summed E-state index contributed by atoms with van der Waals surface area (Å²) in [6.07, 6.45) is 3.52. The number of hydrogen-bond donors (Lipinski definition) is 2. The van der Waals surface area contributed by atoms with Gasteiger partial charge in [-0.3, -0.25) is 9.78 Å². The van der Waals surface area contributed by atoms with Crippen LogP contribution in [0.15, 0.2) is 65.9 Å². The Bertz CT molecular complexity index is 868. The monoisotopic (exact) mass is 290 g/mol. The largest absolute Gasteiger partial charge is 0.370 e. The van der Waals surface area contributed by atoms with E-state index in [1.165, 1.54) is 0 Å². The van der Waals surface area contributed by atoms with Crippen LogP contribution in [0.25, 0.3) is 21.9 Å². The number of nitrogens with zero attached hydrogens (tertiary/aromatic N) is 2. The summed E-state index contributed by atoms with van der Waals surface area (Å²) in [6, 6.07) is 15.2. The Kier molecular flexibility index (Phi) is 3.53. The molecule has 0 spiro atoms. The van der Waals surface area contributed by atoms with E-state index < -0.39 is 5.91 Å². The van der Waals surface area contributed by atoms with Gasteiger partial charge >= 0.3 is 0 Å². The van der Waals surface area contributed by atoms with E-state index in [0.717, 1.165) is 21.9 Å². The van der Waals surface area contributed by atoms with Crippen LogP contribution in [0.1, 0.15) is 10.4 Å². The molecule has 0 fully saturated rings. The number of benzene rings is 2. The third-order valence-electron chi connectivity index (χ3n) is 3.33. The van der Waals surface area contributed by atoms with Gasteiger partial charge in [-0.1, -0.05) is 30.3 Å². The van der Waals surface area contributed by atoms with Gasteiger partial charge in [0.1, 0.15) is 0 Å². The summed E-state index contributed by atoms with van der Waals surface area (Å²) in [5.41, 5.74) is 13.0. The molecule has 22 heavy (non-hydrogen) atoms. The van der Waals surface area contributed by atoms with E-state index in [1.54, 1.807) is 24.5 Å². The lowest BCUT2D eigenvalue weighted by molar-refractivity contribution is 0.100. The van der Waals surface area contributed by atoms with Crippen molar-refractivity contribution in [2.45, 2.75) is 0 Å². The Balaban J connectivity index is 2.19. The zero-order valence-electron chi connectivity index (χ0n) is 11.7. The highest BCUT2D eigenvalue weighted by Gasteiger charge is 2.09. The Hall–Kier alpha value is -3.21. The van der Waals surface area contributed by atoms with Crippen LogP contribution in [-0.2, 0) is 0 Å². The van der Waals surface area contributed by atoms with Crippen molar-refractivity contribution >= 4 is 22.6 Å². The van der Waals surface area contributed by atoms with Crippen LogP contribution in [0.5, 0.6) is 0 Å². The first-order valence-corrected chi connectivity index (χ1v) is 6.72. The van der Waals surface area contributed by atoms with E-state index in [-0.39, 0.29) is 5.96 Å². The van der Waals surface area contributed by atoms with Crippen molar-refractivity contribution in [3.8, 4) is 11.1 Å². The molecule has 0 aliphatic carbocycles. The van der Waals surface area contributed by atoms with E-state index in [4.69, 9.17) is 11.5 Å². The minimum Gasteiger partial charge on any atom is -0.370 e. The van der Waals surface area contributed by atoms with Crippen molar-refractivity contribution in [3.63, 3.8) is 0 Å². The van der Waals surface area contributed by atoms with E-state index in [1.807, 2.05) is 36.4 Å². The van der Waals surface area contributed by atoms with Crippen LogP contribution >= 0.6 is 0 Å². The average molecular weight is 290 g/mol. The van der Waals surface area contributed by atoms with E-state index in [2.05, 4.69) is 9.98 Å². The molecule has 108 valence electrons. The molecule has 2 aromatic carbocycles. The van der Waals surface area contributed by atoms with Crippen LogP contribution in [-0.4, -0.2) is 16.9 Å². The molecule has 1 heterocycles. The quantitative estimate of drug-likeness (QED) is 0.559. The Labute approximate surface area is 127 Å². The van der Waals surface area contributed by atoms with Crippen molar-refractivity contribution in [1.82, 2.24) is 4.98 Å². The molecule has 3 rings (SSSR count). The van der Waals surface area contributed by atoms with Gasteiger partial charge < -0.3 is 11.5 Å². The number of carbonyl (C=O) groups excluding carboxylic acids is 1. The molecule has 0 saturated carbocycles. The fourth-order valence-electron chi connectivity index (χ4n) is 2.36. The predicted molar refractivity (Wildman–Crippen MR) is 87.3 cm³/mol. The van der Waals surface area contributed by atoms with Gasteiger partial charge in [0.25, 0.3) is 5.91 Å². The number of pyridine rings is 1. The number of fused-ring (bicyclic) bond motifs is 1. The van der Waals surface area contributed by atoms with Gasteiger partial charge in [-0.05, 0) is 34.5 Å². The standard InChI is InChI=1S/C17H14N4O/c18-17(19)21-16(22)12-7-6-11-3-1-5-14(15(11)9-12)13-4-2-8-20-10-13/h1-10H,(H4,18,19,21,22). The highest BCUT2D eigenvalue weighted by molar-refractivity contribution is 6.06. The average Bonchev–Trinajstić information content (AvgIpc) is 2.54. The molecule has 0 bridgehead atoms. The molecule has 1 amide bonds. The van der Waals surface area contributed by atoms with Crippen LogP contribution in [0.2, 0.25) is 0 Å². The van der Waals surface area contributed by atoms with Crippen molar-refractivity contribution in [2.75, 3.05) is 0 Å². The highest BCUT2D eigenvalue weighted by atomic mass is 16.1. The lowest BCUT2D eigenvalue weighted by Crippen LogP contribution is -2.24. The van der Waals surface area contributed by atoms with Crippen LogP contribution in [0.3, 0.4) is 0 Å². The van der Waals surface area contributed by atoms with Crippen LogP contribution in [0.4, 0.5) is 0 Å². The maximum Gasteiger partial charge on any atom is 0.280 e. The SMILES string of the molecule is NC(N)=NC(=O)c1ccc2cccc(-c3cccnc3)c2c1. The number of hydrogen-bond acceptors (Lipinski definition) is 2. The van der Waals surface area contributed by atoms with Crippen molar-refractivity contribution in [1.29, 1.82) is 0 Å². The summed E-state index contributed by atoms with van der Waals surface area (Å²) >= 11 is 0. The molecular formula is C17H14N4O. The number of amides is 1. The summed E-state index contributed by atoms with van der Waals surface area (Å²) in [7, 11) is 0. The summed E-state index contributed by atoms with van der Waals surface area (Å²) in [5.74, 6) is -0.700. The number of carbonyl (C=O) groups is 1. The lowest BCUT2D eigenvalue weighted by atomic mass is 9.97. The molecule has 5 nitrogen and oxygen atoms in total. The Morgan fingerprint density at radius 3 is 2.64 bits per heavy atom. The van der Waals surface area contributed by atoms with Gasteiger partial charge in [-0.15, -0.1) is 0 Å². The molecule has 5 heteroatoms. The Morgan fingerprint density at radius 2 is 1.91 bits per heavy atom. The van der Waals surface area contributed by atoms with E-state index >= 15 is 0 Å². The lowest BCUT2D eigenvalue weighted by Gasteiger charge is -2.07. The van der Waals surface area contributed by atoms with E-state index in [9.17, 15) is 4.79 Å². The van der Waals surface area contributed by atoms with Crippen LogP contribution in [0, 0.1) is 0 Å². The minimum atomic E-state index is -0.456. The van der Waals surface area contributed by atoms with Crippen molar-refractivity contribution in [3.05, 3.63) is 66.5 Å². The molecular weight excluding hydrogens is 276 g/mol. The Morgan fingerprint density at radius 1 is 1.05 bits per heavy atom. The topological polar surface area (TPSA) is 94.4 Å². The van der Waals surface area contributed by atoms with Crippen LogP contribution < -0.4 is 11.5 Å². The summed E-state index contributed by atoms with van der Waals surface area (Å²) in [5, 5.41) is 1.98. The molecule has 0 unspecified atom stereocenters. The first-order valence-electron chi connectivity index (χ1n) is 6.72. The number of rotatable bonds is 2. The normalized spacial score (nSPS) is 10.4.